The van der Waals surface area contributed by atoms with Gasteiger partial charge in [0.25, 0.3) is 5.69 Å². The van der Waals surface area contributed by atoms with Crippen LogP contribution in [0.25, 0.3) is 0 Å². The van der Waals surface area contributed by atoms with E-state index in [1.165, 1.54) is 19.1 Å². The molecule has 0 aromatic carbocycles. The lowest BCUT2D eigenvalue weighted by Crippen LogP contribution is -2.39. The maximum absolute atomic E-state index is 10.8. The fourth-order valence-corrected chi connectivity index (χ4v) is 1.13. The highest BCUT2D eigenvalue weighted by Crippen LogP contribution is 2.13. The largest absolute Gasteiger partial charge is 0.480 e. The number of carboxylic acids is 1. The number of nitro groups is 1. The zero-order valence-electron chi connectivity index (χ0n) is 8.90. The molecule has 0 amide bonds. The second kappa shape index (κ2) is 5.21. The third-order valence-corrected chi connectivity index (χ3v) is 2.01. The van der Waals surface area contributed by atoms with Gasteiger partial charge in [-0.25, -0.2) is 9.78 Å². The van der Waals surface area contributed by atoms with Crippen LogP contribution in [0.2, 0.25) is 0 Å². The monoisotopic (exact) mass is 241 g/mol. The molecule has 17 heavy (non-hydrogen) atoms. The maximum atomic E-state index is 10.8. The fraction of sp³-hybridized carbons (Fsp3) is 0.333. The van der Waals surface area contributed by atoms with Gasteiger partial charge in [-0.05, 0) is 13.0 Å². The van der Waals surface area contributed by atoms with Gasteiger partial charge in [0.1, 0.15) is 12.0 Å². The van der Waals surface area contributed by atoms with E-state index in [9.17, 15) is 20.0 Å². The van der Waals surface area contributed by atoms with Crippen molar-refractivity contribution in [1.82, 2.24) is 4.98 Å². The van der Waals surface area contributed by atoms with Crippen LogP contribution in [0.3, 0.4) is 0 Å². The van der Waals surface area contributed by atoms with E-state index >= 15 is 0 Å². The van der Waals surface area contributed by atoms with Crippen LogP contribution in [0, 0.1) is 10.1 Å². The van der Waals surface area contributed by atoms with E-state index in [2.05, 4.69) is 10.3 Å². The maximum Gasteiger partial charge on any atom is 0.328 e. The zero-order chi connectivity index (χ0) is 13.0. The minimum Gasteiger partial charge on any atom is -0.480 e. The molecular formula is C9H11N3O5. The number of aromatic nitrogens is 1. The first-order valence-corrected chi connectivity index (χ1v) is 4.69. The summed E-state index contributed by atoms with van der Waals surface area (Å²) in [4.78, 5) is 24.2. The molecule has 92 valence electrons. The van der Waals surface area contributed by atoms with E-state index in [1.807, 2.05) is 0 Å². The molecule has 1 aromatic heterocycles. The summed E-state index contributed by atoms with van der Waals surface area (Å²) >= 11 is 0. The van der Waals surface area contributed by atoms with Crippen molar-refractivity contribution in [2.24, 2.45) is 0 Å². The lowest BCUT2D eigenvalue weighted by molar-refractivity contribution is -0.385. The Morgan fingerprint density at radius 3 is 2.59 bits per heavy atom. The van der Waals surface area contributed by atoms with Gasteiger partial charge in [-0.2, -0.15) is 0 Å². The molecule has 0 saturated heterocycles. The number of nitrogens with zero attached hydrogens (tertiary/aromatic N) is 2. The van der Waals surface area contributed by atoms with Gasteiger partial charge in [0.05, 0.1) is 11.0 Å². The summed E-state index contributed by atoms with van der Waals surface area (Å²) in [5.41, 5.74) is -0.195. The lowest BCUT2D eigenvalue weighted by Gasteiger charge is -2.17. The molecule has 0 aliphatic carbocycles. The first-order valence-electron chi connectivity index (χ1n) is 4.69. The fourth-order valence-electron chi connectivity index (χ4n) is 1.13. The Kier molecular flexibility index (Phi) is 3.94. The zero-order valence-corrected chi connectivity index (χ0v) is 8.90. The van der Waals surface area contributed by atoms with Crippen molar-refractivity contribution in [3.63, 3.8) is 0 Å². The van der Waals surface area contributed by atoms with Gasteiger partial charge in [0.15, 0.2) is 6.04 Å². The van der Waals surface area contributed by atoms with Crippen LogP contribution in [-0.4, -0.2) is 38.2 Å². The van der Waals surface area contributed by atoms with Gasteiger partial charge in [0, 0.05) is 6.07 Å². The second-order valence-corrected chi connectivity index (χ2v) is 3.36. The molecule has 8 nitrogen and oxygen atoms in total. The van der Waals surface area contributed by atoms with E-state index in [-0.39, 0.29) is 11.5 Å². The summed E-state index contributed by atoms with van der Waals surface area (Å²) in [6.07, 6.45) is -0.118. The number of pyridine rings is 1. The standard InChI is InChI=1S/C9H11N3O5/c1-5(13)8(9(14)15)11-7-3-2-6(4-10-7)12(16)17/h2-5,8,13H,1H3,(H,10,11)(H,14,15). The number of anilines is 1. The molecule has 0 fully saturated rings. The summed E-state index contributed by atoms with van der Waals surface area (Å²) in [5, 5.41) is 30.8. The molecule has 0 aliphatic heterocycles. The van der Waals surface area contributed by atoms with Gasteiger partial charge in [-0.3, -0.25) is 10.1 Å². The van der Waals surface area contributed by atoms with Crippen LogP contribution in [0.5, 0.6) is 0 Å². The second-order valence-electron chi connectivity index (χ2n) is 3.36. The number of aliphatic carboxylic acids is 1. The van der Waals surface area contributed by atoms with Crippen molar-refractivity contribution in [3.05, 3.63) is 28.4 Å². The molecule has 0 bridgehead atoms. The number of carbonyl (C=O) groups is 1. The third kappa shape index (κ3) is 3.38. The predicted molar refractivity (Wildman–Crippen MR) is 57.6 cm³/mol. The molecule has 1 heterocycles. The van der Waals surface area contributed by atoms with Crippen molar-refractivity contribution in [2.45, 2.75) is 19.1 Å². The summed E-state index contributed by atoms with van der Waals surface area (Å²) in [7, 11) is 0. The molecule has 2 atom stereocenters. The van der Waals surface area contributed by atoms with Crippen LogP contribution in [0.15, 0.2) is 18.3 Å². The molecule has 0 saturated carbocycles. The Morgan fingerprint density at radius 2 is 2.24 bits per heavy atom. The van der Waals surface area contributed by atoms with Gasteiger partial charge in [-0.1, -0.05) is 0 Å². The molecule has 8 heteroatoms. The van der Waals surface area contributed by atoms with Crippen molar-refractivity contribution in [1.29, 1.82) is 0 Å². The minimum absolute atomic E-state index is 0.143. The Hall–Kier alpha value is -2.22. The Morgan fingerprint density at radius 1 is 1.59 bits per heavy atom. The number of aliphatic hydroxyl groups excluding tert-OH is 1. The quantitative estimate of drug-likeness (QED) is 0.497. The topological polar surface area (TPSA) is 126 Å². The van der Waals surface area contributed by atoms with Crippen LogP contribution in [0.1, 0.15) is 6.92 Å². The predicted octanol–water partition coefficient (Wildman–Crippen LogP) is 0.236. The first-order chi connectivity index (χ1) is 7.91. The molecule has 1 rings (SSSR count). The number of rotatable bonds is 5. The Balaban J connectivity index is 2.80. The van der Waals surface area contributed by atoms with E-state index in [1.54, 1.807) is 0 Å². The Labute approximate surface area is 96.1 Å². The number of hydrogen-bond acceptors (Lipinski definition) is 6. The van der Waals surface area contributed by atoms with Crippen molar-refractivity contribution >= 4 is 17.5 Å². The summed E-state index contributed by atoms with van der Waals surface area (Å²) in [6, 6.07) is 1.25. The van der Waals surface area contributed by atoms with Crippen LogP contribution >= 0.6 is 0 Å². The molecule has 0 spiro atoms. The number of carboxylic acid groups (broad SMARTS) is 1. The van der Waals surface area contributed by atoms with Crippen LogP contribution in [0.4, 0.5) is 11.5 Å². The minimum atomic E-state index is -1.24. The van der Waals surface area contributed by atoms with E-state index in [4.69, 9.17) is 5.11 Å². The van der Waals surface area contributed by atoms with E-state index in [0.717, 1.165) is 6.20 Å². The van der Waals surface area contributed by atoms with E-state index in [0.29, 0.717) is 0 Å². The summed E-state index contributed by atoms with van der Waals surface area (Å²) in [5.74, 6) is -1.09. The average molecular weight is 241 g/mol. The average Bonchev–Trinajstić information content (AvgIpc) is 2.25. The highest BCUT2D eigenvalue weighted by atomic mass is 16.6. The van der Waals surface area contributed by atoms with E-state index < -0.39 is 23.0 Å². The number of hydrogen-bond donors (Lipinski definition) is 3. The number of aliphatic hydroxyl groups is 1. The third-order valence-electron chi connectivity index (χ3n) is 2.01. The molecule has 0 aliphatic rings. The van der Waals surface area contributed by atoms with Gasteiger partial charge >= 0.3 is 5.97 Å². The molecule has 1 aromatic rings. The van der Waals surface area contributed by atoms with Crippen molar-refractivity contribution in [3.8, 4) is 0 Å². The van der Waals surface area contributed by atoms with Gasteiger partial charge < -0.3 is 15.5 Å². The van der Waals surface area contributed by atoms with Crippen LogP contribution in [-0.2, 0) is 4.79 Å². The molecule has 3 N–H and O–H groups in total. The highest BCUT2D eigenvalue weighted by molar-refractivity contribution is 5.77. The highest BCUT2D eigenvalue weighted by Gasteiger charge is 2.23. The molecular weight excluding hydrogens is 230 g/mol. The Bertz CT molecular complexity index is 417. The van der Waals surface area contributed by atoms with Crippen molar-refractivity contribution in [2.75, 3.05) is 5.32 Å². The molecule has 0 radical (unpaired) electrons. The summed E-state index contributed by atoms with van der Waals surface area (Å²) < 4.78 is 0. The van der Waals surface area contributed by atoms with Gasteiger partial charge in [0.2, 0.25) is 0 Å². The first kappa shape index (κ1) is 12.8. The number of nitrogens with one attached hydrogen (secondary N) is 1. The molecule has 2 unspecified atom stereocenters. The van der Waals surface area contributed by atoms with Crippen LogP contribution < -0.4 is 5.32 Å². The summed E-state index contributed by atoms with van der Waals surface area (Å²) in [6.45, 7) is 1.32. The smallest absolute Gasteiger partial charge is 0.328 e. The lowest BCUT2D eigenvalue weighted by atomic mass is 10.2. The SMILES string of the molecule is CC(O)C(Nc1ccc([N+](=O)[O-])cn1)C(=O)O. The van der Waals surface area contributed by atoms with Crippen molar-refractivity contribution < 1.29 is 19.9 Å². The normalized spacial score (nSPS) is 13.8. The van der Waals surface area contributed by atoms with Gasteiger partial charge in [-0.15, -0.1) is 0 Å².